The van der Waals surface area contributed by atoms with Crippen LogP contribution in [0.25, 0.3) is 0 Å². The van der Waals surface area contributed by atoms with Crippen molar-refractivity contribution in [3.8, 4) is 11.8 Å². The summed E-state index contributed by atoms with van der Waals surface area (Å²) in [6.07, 6.45) is 0.561. The predicted molar refractivity (Wildman–Crippen MR) is 99.0 cm³/mol. The Morgan fingerprint density at radius 1 is 1.33 bits per heavy atom. The number of amides is 1. The van der Waals surface area contributed by atoms with Crippen LogP contribution in [0.3, 0.4) is 0 Å². The molecule has 6 nitrogen and oxygen atoms in total. The number of pyridine rings is 1. The third-order valence-electron chi connectivity index (χ3n) is 5.24. The van der Waals surface area contributed by atoms with E-state index < -0.39 is 42.5 Å². The van der Waals surface area contributed by atoms with Gasteiger partial charge in [0.2, 0.25) is 11.8 Å². The second-order valence-corrected chi connectivity index (χ2v) is 7.33. The molecule has 1 amide bonds. The first-order valence-corrected chi connectivity index (χ1v) is 9.17. The van der Waals surface area contributed by atoms with Crippen molar-refractivity contribution in [2.24, 2.45) is 5.92 Å². The highest BCUT2D eigenvalue weighted by molar-refractivity contribution is 5.85. The lowest BCUT2D eigenvalue weighted by molar-refractivity contribution is -0.317. The fourth-order valence-electron chi connectivity index (χ4n) is 3.46. The minimum absolute atomic E-state index is 0. The third kappa shape index (κ3) is 4.56. The Labute approximate surface area is 176 Å². The number of ether oxygens (including phenoxy) is 2. The fraction of sp³-hybridized carbons (Fsp3) is 0.667. The van der Waals surface area contributed by atoms with Crippen molar-refractivity contribution >= 4 is 18.3 Å². The lowest BCUT2D eigenvalue weighted by Crippen LogP contribution is -2.60. The molecule has 1 saturated carbocycles. The van der Waals surface area contributed by atoms with Crippen LogP contribution >= 0.6 is 12.4 Å². The summed E-state index contributed by atoms with van der Waals surface area (Å²) >= 11 is 0. The van der Waals surface area contributed by atoms with E-state index in [1.54, 1.807) is 7.05 Å². The second kappa shape index (κ2) is 9.09. The van der Waals surface area contributed by atoms with Crippen LogP contribution in [0.1, 0.15) is 24.8 Å². The summed E-state index contributed by atoms with van der Waals surface area (Å²) in [7, 11) is 2.83. The van der Waals surface area contributed by atoms with Gasteiger partial charge in [0.15, 0.2) is 5.82 Å². The Kier molecular flexibility index (Phi) is 7.39. The third-order valence-corrected chi connectivity index (χ3v) is 5.24. The quantitative estimate of drug-likeness (QED) is 0.635. The number of likely N-dealkylation sites (N-methyl/N-ethyl adjacent to an activating group) is 1. The lowest BCUT2D eigenvalue weighted by atomic mass is 9.77. The normalized spacial score (nSPS) is 23.8. The molecule has 2 atom stereocenters. The highest BCUT2D eigenvalue weighted by atomic mass is 35.5. The summed E-state index contributed by atoms with van der Waals surface area (Å²) in [5.74, 6) is -11.8. The number of nitrogens with zero attached hydrogens (tertiary/aromatic N) is 2. The molecule has 1 unspecified atom stereocenters. The van der Waals surface area contributed by atoms with Crippen molar-refractivity contribution < 1.29 is 36.2 Å². The molecule has 0 aromatic carbocycles. The van der Waals surface area contributed by atoms with Gasteiger partial charge >= 0.3 is 11.8 Å². The average molecular weight is 460 g/mol. The molecule has 170 valence electrons. The summed E-state index contributed by atoms with van der Waals surface area (Å²) in [6.45, 7) is -0.0419. The zero-order valence-electron chi connectivity index (χ0n) is 16.4. The maximum absolute atomic E-state index is 14.3. The molecule has 3 rings (SSSR count). The van der Waals surface area contributed by atoms with Gasteiger partial charge in [-0.05, 0) is 25.5 Å². The van der Waals surface area contributed by atoms with Gasteiger partial charge in [0, 0.05) is 19.0 Å². The van der Waals surface area contributed by atoms with Crippen LogP contribution < -0.4 is 14.8 Å². The predicted octanol–water partition coefficient (Wildman–Crippen LogP) is 3.03. The topological polar surface area (TPSA) is 63.7 Å². The lowest BCUT2D eigenvalue weighted by Gasteiger charge is -2.43. The van der Waals surface area contributed by atoms with Crippen molar-refractivity contribution in [1.82, 2.24) is 15.2 Å². The number of aromatic nitrogens is 1. The van der Waals surface area contributed by atoms with Crippen molar-refractivity contribution in [1.29, 1.82) is 0 Å². The van der Waals surface area contributed by atoms with Crippen LogP contribution in [0.4, 0.5) is 22.0 Å². The molecule has 30 heavy (non-hydrogen) atoms. The van der Waals surface area contributed by atoms with Gasteiger partial charge in [-0.15, -0.1) is 12.4 Å². The zero-order valence-corrected chi connectivity index (χ0v) is 17.2. The van der Waals surface area contributed by atoms with Gasteiger partial charge in [0.1, 0.15) is 0 Å². The van der Waals surface area contributed by atoms with E-state index in [1.807, 2.05) is 0 Å². The smallest absolute Gasteiger partial charge is 0.316 e. The summed E-state index contributed by atoms with van der Waals surface area (Å²) in [4.78, 5) is 17.6. The molecular weight excluding hydrogens is 437 g/mol. The van der Waals surface area contributed by atoms with Crippen LogP contribution in [0, 0.1) is 11.7 Å². The standard InChI is InChI=1S/C18H22F5N3O3.ClH/c1-26(16(27)13-4-3-5-24-13)8-10-6-12(19)15(25-14(10)28-2)29-9-11-7-17(20,21)18(11,22)23;/h6,11,13,24H,3-5,7-9H2,1-2H3;1H/t11?,13-;/m0./s1. The van der Waals surface area contributed by atoms with Gasteiger partial charge in [0.25, 0.3) is 5.88 Å². The van der Waals surface area contributed by atoms with Crippen molar-refractivity contribution in [3.05, 3.63) is 17.4 Å². The zero-order chi connectivity index (χ0) is 21.4. The molecular formula is C18H23ClF5N3O3. The average Bonchev–Trinajstić information content (AvgIpc) is 3.20. The molecule has 1 aliphatic carbocycles. The molecule has 1 saturated heterocycles. The minimum Gasteiger partial charge on any atom is -0.481 e. The first-order valence-electron chi connectivity index (χ1n) is 9.17. The summed E-state index contributed by atoms with van der Waals surface area (Å²) in [5.41, 5.74) is 0.256. The molecule has 2 aliphatic rings. The summed E-state index contributed by atoms with van der Waals surface area (Å²) < 4.78 is 76.8. The second-order valence-electron chi connectivity index (χ2n) is 7.33. The van der Waals surface area contributed by atoms with Gasteiger partial charge in [-0.2, -0.15) is 22.5 Å². The van der Waals surface area contributed by atoms with Crippen molar-refractivity contribution in [2.45, 2.75) is 43.7 Å². The molecule has 0 spiro atoms. The van der Waals surface area contributed by atoms with Crippen LogP contribution in [0.5, 0.6) is 11.8 Å². The number of rotatable bonds is 7. The number of carbonyl (C=O) groups excluding carboxylic acids is 1. The molecule has 2 heterocycles. The fourth-order valence-corrected chi connectivity index (χ4v) is 3.46. The summed E-state index contributed by atoms with van der Waals surface area (Å²) in [6, 6.07) is 0.731. The number of alkyl halides is 4. The van der Waals surface area contributed by atoms with Gasteiger partial charge in [-0.1, -0.05) is 0 Å². The van der Waals surface area contributed by atoms with Crippen molar-refractivity contribution in [3.63, 3.8) is 0 Å². The number of halogens is 6. The Balaban J connectivity index is 0.00000320. The molecule has 1 aliphatic heterocycles. The number of methoxy groups -OCH3 is 1. The first kappa shape index (κ1) is 24.4. The van der Waals surface area contributed by atoms with E-state index in [2.05, 4.69) is 10.3 Å². The SMILES string of the molecule is COc1nc(OCC2CC(F)(F)C2(F)F)c(F)cc1CN(C)C(=O)[C@@H]1CCCN1.Cl. The van der Waals surface area contributed by atoms with E-state index in [9.17, 15) is 26.7 Å². The van der Waals surface area contributed by atoms with Gasteiger partial charge in [-0.3, -0.25) is 4.79 Å². The maximum atomic E-state index is 14.3. The molecule has 0 bridgehead atoms. The van der Waals surface area contributed by atoms with Crippen LogP contribution in [-0.4, -0.2) is 61.0 Å². The molecule has 0 radical (unpaired) electrons. The number of carbonyl (C=O) groups is 1. The van der Waals surface area contributed by atoms with E-state index in [0.717, 1.165) is 19.0 Å². The Morgan fingerprint density at radius 3 is 2.57 bits per heavy atom. The molecule has 12 heteroatoms. The Hall–Kier alpha value is -1.88. The van der Waals surface area contributed by atoms with Gasteiger partial charge < -0.3 is 19.7 Å². The minimum atomic E-state index is -4.20. The van der Waals surface area contributed by atoms with E-state index in [0.29, 0.717) is 6.42 Å². The molecule has 1 aromatic rings. The Morgan fingerprint density at radius 2 is 2.03 bits per heavy atom. The number of nitrogens with one attached hydrogen (secondary N) is 1. The number of hydrogen-bond donors (Lipinski definition) is 1. The molecule has 2 fully saturated rings. The van der Waals surface area contributed by atoms with E-state index in [4.69, 9.17) is 9.47 Å². The van der Waals surface area contributed by atoms with Crippen molar-refractivity contribution in [2.75, 3.05) is 27.3 Å². The van der Waals surface area contributed by atoms with E-state index >= 15 is 0 Å². The van der Waals surface area contributed by atoms with E-state index in [-0.39, 0.29) is 42.3 Å². The van der Waals surface area contributed by atoms with Crippen LogP contribution in [0.15, 0.2) is 6.07 Å². The summed E-state index contributed by atoms with van der Waals surface area (Å²) in [5, 5.41) is 3.08. The van der Waals surface area contributed by atoms with Gasteiger partial charge in [-0.25, -0.2) is 4.39 Å². The number of hydrogen-bond acceptors (Lipinski definition) is 5. The van der Waals surface area contributed by atoms with Gasteiger partial charge in [0.05, 0.1) is 32.2 Å². The van der Waals surface area contributed by atoms with Crippen LogP contribution in [-0.2, 0) is 11.3 Å². The maximum Gasteiger partial charge on any atom is 0.316 e. The molecule has 1 aromatic heterocycles. The monoisotopic (exact) mass is 459 g/mol. The highest BCUT2D eigenvalue weighted by Crippen LogP contribution is 2.55. The van der Waals surface area contributed by atoms with E-state index in [1.165, 1.54) is 12.0 Å². The van der Waals surface area contributed by atoms with Crippen LogP contribution in [0.2, 0.25) is 0 Å². The first-order chi connectivity index (χ1) is 13.6. The Bertz CT molecular complexity index is 778. The highest BCUT2D eigenvalue weighted by Gasteiger charge is 2.71. The largest absolute Gasteiger partial charge is 0.481 e. The molecule has 1 N–H and O–H groups in total.